The number of benzene rings is 1. The van der Waals surface area contributed by atoms with Crippen molar-refractivity contribution in [3.63, 3.8) is 0 Å². The van der Waals surface area contributed by atoms with Crippen molar-refractivity contribution in [2.45, 2.75) is 12.8 Å². The summed E-state index contributed by atoms with van der Waals surface area (Å²) in [6, 6.07) is 5.13. The van der Waals surface area contributed by atoms with Gasteiger partial charge in [-0.3, -0.25) is 24.1 Å². The fraction of sp³-hybridized carbons (Fsp3) is 0.333. The van der Waals surface area contributed by atoms with Crippen molar-refractivity contribution in [1.82, 2.24) is 10.2 Å². The molecule has 2 rings (SSSR count). The largest absolute Gasteiger partial charge is 0.354 e. The number of hydrogen-bond donors (Lipinski definition) is 1. The van der Waals surface area contributed by atoms with Crippen LogP contribution in [0.25, 0.3) is 0 Å². The highest BCUT2D eigenvalue weighted by Crippen LogP contribution is 2.17. The molecule has 0 aliphatic carbocycles. The van der Waals surface area contributed by atoms with Gasteiger partial charge in [0.2, 0.25) is 11.8 Å². The first-order valence-electron chi connectivity index (χ1n) is 7.00. The number of Topliss-reactive ketones (excluding diaryl/α,β-unsaturated/α-hetero) is 1. The number of carbonyl (C=O) groups is 4. The van der Waals surface area contributed by atoms with Crippen LogP contribution >= 0.6 is 11.8 Å². The molecule has 1 aliphatic rings. The summed E-state index contributed by atoms with van der Waals surface area (Å²) in [6.07, 6.45) is 0.00173. The van der Waals surface area contributed by atoms with E-state index in [1.165, 1.54) is 24.3 Å². The molecule has 23 heavy (non-hydrogen) atoms. The molecule has 1 aliphatic heterocycles. The van der Waals surface area contributed by atoms with Crippen LogP contribution in [0.5, 0.6) is 0 Å². The molecule has 6 nitrogen and oxygen atoms in total. The molecule has 0 aromatic heterocycles. The lowest BCUT2D eigenvalue weighted by Crippen LogP contribution is -2.37. The van der Waals surface area contributed by atoms with Crippen molar-refractivity contribution in [3.05, 3.63) is 35.6 Å². The second kappa shape index (κ2) is 7.87. The number of ketones is 1. The first-order chi connectivity index (χ1) is 11.0. The van der Waals surface area contributed by atoms with E-state index in [0.717, 1.165) is 16.7 Å². The minimum atomic E-state index is -0.427. The molecule has 1 aromatic rings. The van der Waals surface area contributed by atoms with E-state index in [0.29, 0.717) is 5.56 Å². The molecule has 0 unspecified atom stereocenters. The zero-order valence-corrected chi connectivity index (χ0v) is 13.0. The zero-order chi connectivity index (χ0) is 16.8. The second-order valence-electron chi connectivity index (χ2n) is 4.88. The lowest BCUT2D eigenvalue weighted by molar-refractivity contribution is -0.125. The van der Waals surface area contributed by atoms with Crippen LogP contribution in [-0.2, 0) is 9.59 Å². The summed E-state index contributed by atoms with van der Waals surface area (Å²) in [4.78, 5) is 47.3. The summed E-state index contributed by atoms with van der Waals surface area (Å²) in [5.74, 6) is -1.14. The Kier molecular flexibility index (Phi) is 5.86. The number of thioether (sulfide) groups is 1. The summed E-state index contributed by atoms with van der Waals surface area (Å²) >= 11 is 0.938. The van der Waals surface area contributed by atoms with E-state index in [9.17, 15) is 23.6 Å². The number of carbonyl (C=O) groups excluding carboxylic acids is 4. The molecule has 1 saturated heterocycles. The topological polar surface area (TPSA) is 83.6 Å². The number of nitrogens with one attached hydrogen (secondary N) is 1. The quantitative estimate of drug-likeness (QED) is 0.764. The van der Waals surface area contributed by atoms with Gasteiger partial charge in [0.25, 0.3) is 5.24 Å². The third kappa shape index (κ3) is 4.88. The molecule has 0 radical (unpaired) electrons. The molecular weight excluding hydrogens is 323 g/mol. The lowest BCUT2D eigenvalue weighted by Gasteiger charge is -2.13. The van der Waals surface area contributed by atoms with Gasteiger partial charge in [-0.1, -0.05) is 11.8 Å². The maximum absolute atomic E-state index is 12.8. The molecule has 8 heteroatoms. The Morgan fingerprint density at radius 3 is 2.48 bits per heavy atom. The van der Waals surface area contributed by atoms with Crippen molar-refractivity contribution in [1.29, 1.82) is 0 Å². The minimum absolute atomic E-state index is 0.00709. The van der Waals surface area contributed by atoms with Gasteiger partial charge in [0.05, 0.1) is 5.75 Å². The Bertz CT molecular complexity index is 617. The smallest absolute Gasteiger partial charge is 0.288 e. The average Bonchev–Trinajstić information content (AvgIpc) is 2.85. The Morgan fingerprint density at radius 1 is 1.17 bits per heavy atom. The van der Waals surface area contributed by atoms with Crippen LogP contribution in [0.4, 0.5) is 9.18 Å². The molecule has 1 heterocycles. The molecular formula is C15H15FN2O4S. The van der Waals surface area contributed by atoms with Gasteiger partial charge in [-0.05, 0) is 24.3 Å². The third-order valence-corrected chi connectivity index (χ3v) is 4.10. The van der Waals surface area contributed by atoms with Crippen molar-refractivity contribution in [2.24, 2.45) is 0 Å². The Balaban J connectivity index is 1.69. The fourth-order valence-corrected chi connectivity index (χ4v) is 2.75. The summed E-state index contributed by atoms with van der Waals surface area (Å²) in [6.45, 7) is 0.282. The molecule has 0 saturated carbocycles. The number of hydrogen-bond acceptors (Lipinski definition) is 5. The van der Waals surface area contributed by atoms with Crippen molar-refractivity contribution < 1.29 is 23.6 Å². The van der Waals surface area contributed by atoms with Crippen molar-refractivity contribution in [3.8, 4) is 0 Å². The van der Waals surface area contributed by atoms with Gasteiger partial charge >= 0.3 is 0 Å². The first kappa shape index (κ1) is 17.1. The van der Waals surface area contributed by atoms with Crippen LogP contribution in [0, 0.1) is 5.82 Å². The van der Waals surface area contributed by atoms with E-state index >= 15 is 0 Å². The molecule has 1 N–H and O–H groups in total. The van der Waals surface area contributed by atoms with Crippen LogP contribution in [0.3, 0.4) is 0 Å². The van der Waals surface area contributed by atoms with Crippen LogP contribution < -0.4 is 5.32 Å². The van der Waals surface area contributed by atoms with Gasteiger partial charge in [0.15, 0.2) is 5.78 Å². The van der Waals surface area contributed by atoms with Crippen LogP contribution in [0.15, 0.2) is 24.3 Å². The highest BCUT2D eigenvalue weighted by Gasteiger charge is 2.29. The minimum Gasteiger partial charge on any atom is -0.354 e. The molecule has 1 aromatic carbocycles. The van der Waals surface area contributed by atoms with Gasteiger partial charge in [0, 0.05) is 31.5 Å². The predicted octanol–water partition coefficient (Wildman–Crippen LogP) is 1.60. The average molecular weight is 338 g/mol. The lowest BCUT2D eigenvalue weighted by atomic mass is 10.1. The molecule has 3 amide bonds. The van der Waals surface area contributed by atoms with Gasteiger partial charge in [-0.2, -0.15) is 0 Å². The monoisotopic (exact) mass is 338 g/mol. The number of halogens is 1. The van der Waals surface area contributed by atoms with Crippen LogP contribution in [-0.4, -0.2) is 46.6 Å². The van der Waals surface area contributed by atoms with E-state index in [1.807, 2.05) is 0 Å². The maximum Gasteiger partial charge on any atom is 0.288 e. The molecule has 0 atom stereocenters. The fourth-order valence-electron chi connectivity index (χ4n) is 2.00. The number of amides is 3. The number of rotatable bonds is 7. The highest BCUT2D eigenvalue weighted by atomic mass is 32.2. The van der Waals surface area contributed by atoms with Gasteiger partial charge in [-0.25, -0.2) is 4.39 Å². The summed E-state index contributed by atoms with van der Waals surface area (Å²) in [5, 5.41) is 2.25. The summed E-state index contributed by atoms with van der Waals surface area (Å²) in [5.41, 5.74) is 0.351. The van der Waals surface area contributed by atoms with E-state index < -0.39 is 5.82 Å². The number of imide groups is 1. The van der Waals surface area contributed by atoms with Gasteiger partial charge in [-0.15, -0.1) is 0 Å². The molecule has 122 valence electrons. The van der Waals surface area contributed by atoms with E-state index in [4.69, 9.17) is 0 Å². The summed E-state index contributed by atoms with van der Waals surface area (Å²) < 4.78 is 12.8. The summed E-state index contributed by atoms with van der Waals surface area (Å²) in [7, 11) is 0. The second-order valence-corrected chi connectivity index (χ2v) is 5.81. The first-order valence-corrected chi connectivity index (χ1v) is 7.98. The van der Waals surface area contributed by atoms with Crippen molar-refractivity contribution in [2.75, 3.05) is 18.8 Å². The maximum atomic E-state index is 12.8. The SMILES string of the molecule is O=C(CCC(=O)c1ccc(F)cc1)NCCN1C(=O)CSC1=O. The number of nitrogens with zero attached hydrogens (tertiary/aromatic N) is 1. The molecule has 0 spiro atoms. The van der Waals surface area contributed by atoms with Crippen molar-refractivity contribution >= 4 is 34.6 Å². The van der Waals surface area contributed by atoms with Crippen LogP contribution in [0.2, 0.25) is 0 Å². The van der Waals surface area contributed by atoms with E-state index in [-0.39, 0.29) is 54.5 Å². The van der Waals surface area contributed by atoms with E-state index in [1.54, 1.807) is 0 Å². The highest BCUT2D eigenvalue weighted by molar-refractivity contribution is 8.14. The Morgan fingerprint density at radius 2 is 1.87 bits per heavy atom. The normalized spacial score (nSPS) is 14.2. The van der Waals surface area contributed by atoms with Crippen LogP contribution in [0.1, 0.15) is 23.2 Å². The third-order valence-electron chi connectivity index (χ3n) is 3.24. The molecule has 1 fully saturated rings. The van der Waals surface area contributed by atoms with E-state index in [2.05, 4.69) is 5.32 Å². The van der Waals surface area contributed by atoms with Gasteiger partial charge < -0.3 is 5.32 Å². The zero-order valence-electron chi connectivity index (χ0n) is 12.2. The Labute approximate surface area is 136 Å². The predicted molar refractivity (Wildman–Crippen MR) is 82.5 cm³/mol. The molecule has 0 bridgehead atoms. The Hall–Kier alpha value is -2.22. The van der Waals surface area contributed by atoms with Gasteiger partial charge in [0.1, 0.15) is 5.82 Å². The standard InChI is InChI=1S/C15H15FN2O4S/c16-11-3-1-10(2-4-11)12(19)5-6-13(20)17-7-8-18-14(21)9-23-15(18)22/h1-4H,5-9H2,(H,17,20).